The summed E-state index contributed by atoms with van der Waals surface area (Å²) < 4.78 is 5.66. The van der Waals surface area contributed by atoms with Gasteiger partial charge in [-0.1, -0.05) is 19.1 Å². The lowest BCUT2D eigenvalue weighted by Crippen LogP contribution is -2.34. The van der Waals surface area contributed by atoms with Crippen molar-refractivity contribution in [1.29, 1.82) is 0 Å². The number of carbonyl (C=O) groups is 1. The third kappa shape index (κ3) is 3.70. The van der Waals surface area contributed by atoms with Gasteiger partial charge in [-0.15, -0.1) is 0 Å². The number of aromatic nitrogens is 1. The number of hydrogen-bond acceptors (Lipinski definition) is 3. The van der Waals surface area contributed by atoms with Gasteiger partial charge in [-0.2, -0.15) is 0 Å². The smallest absolute Gasteiger partial charge is 0.261 e. The second kappa shape index (κ2) is 7.27. The molecule has 1 fully saturated rings. The van der Waals surface area contributed by atoms with Gasteiger partial charge in [-0.3, -0.25) is 9.78 Å². The van der Waals surface area contributed by atoms with E-state index < -0.39 is 0 Å². The summed E-state index contributed by atoms with van der Waals surface area (Å²) in [5.74, 6) is 0.791. The SMILES string of the molecule is CCc1ccc(OCC(=O)N2CCCC2c2ccncc2)cc1. The van der Waals surface area contributed by atoms with E-state index in [9.17, 15) is 4.79 Å². The Labute approximate surface area is 137 Å². The molecule has 1 atom stereocenters. The van der Waals surface area contributed by atoms with Crippen LogP contribution in [0.3, 0.4) is 0 Å². The maximum Gasteiger partial charge on any atom is 0.261 e. The highest BCUT2D eigenvalue weighted by Gasteiger charge is 2.29. The molecule has 0 saturated carbocycles. The van der Waals surface area contributed by atoms with E-state index in [1.165, 1.54) is 5.56 Å². The van der Waals surface area contributed by atoms with E-state index in [-0.39, 0.29) is 18.6 Å². The standard InChI is InChI=1S/C19H22N2O2/c1-2-15-5-7-17(8-6-15)23-14-19(22)21-13-3-4-18(21)16-9-11-20-12-10-16/h5-12,18H,2-4,13-14H2,1H3. The van der Waals surface area contributed by atoms with Crippen molar-refractivity contribution in [2.45, 2.75) is 32.2 Å². The fourth-order valence-electron chi connectivity index (χ4n) is 3.05. The number of aryl methyl sites for hydroxylation is 1. The lowest BCUT2D eigenvalue weighted by Gasteiger charge is -2.25. The Morgan fingerprint density at radius 1 is 1.22 bits per heavy atom. The Morgan fingerprint density at radius 3 is 2.65 bits per heavy atom. The number of amides is 1. The van der Waals surface area contributed by atoms with Gasteiger partial charge in [0.1, 0.15) is 5.75 Å². The highest BCUT2D eigenvalue weighted by Crippen LogP contribution is 2.31. The zero-order valence-electron chi connectivity index (χ0n) is 13.4. The molecule has 120 valence electrons. The van der Waals surface area contributed by atoms with Gasteiger partial charge in [0.25, 0.3) is 5.91 Å². The zero-order chi connectivity index (χ0) is 16.1. The summed E-state index contributed by atoms with van der Waals surface area (Å²) in [6.07, 6.45) is 6.59. The number of nitrogens with zero attached hydrogens (tertiary/aromatic N) is 2. The first-order valence-corrected chi connectivity index (χ1v) is 8.19. The summed E-state index contributed by atoms with van der Waals surface area (Å²) in [5, 5.41) is 0. The number of likely N-dealkylation sites (tertiary alicyclic amines) is 1. The molecule has 1 saturated heterocycles. The lowest BCUT2D eigenvalue weighted by molar-refractivity contribution is -0.134. The molecule has 23 heavy (non-hydrogen) atoms. The van der Waals surface area contributed by atoms with E-state index in [2.05, 4.69) is 11.9 Å². The minimum atomic E-state index is 0.0453. The molecule has 0 spiro atoms. The topological polar surface area (TPSA) is 42.4 Å². The van der Waals surface area contributed by atoms with Crippen LogP contribution in [0, 0.1) is 0 Å². The molecule has 2 heterocycles. The minimum Gasteiger partial charge on any atom is -0.484 e. The van der Waals surface area contributed by atoms with Crippen LogP contribution in [0.5, 0.6) is 5.75 Å². The summed E-state index contributed by atoms with van der Waals surface area (Å²) in [6.45, 7) is 3.00. The van der Waals surface area contributed by atoms with Crippen LogP contribution in [0.4, 0.5) is 0 Å². The average Bonchev–Trinajstić information content (AvgIpc) is 3.11. The van der Waals surface area contributed by atoms with Gasteiger partial charge in [0.05, 0.1) is 6.04 Å². The van der Waals surface area contributed by atoms with Crippen molar-refractivity contribution < 1.29 is 9.53 Å². The highest BCUT2D eigenvalue weighted by molar-refractivity contribution is 5.78. The van der Waals surface area contributed by atoms with E-state index in [0.29, 0.717) is 0 Å². The van der Waals surface area contributed by atoms with Gasteiger partial charge < -0.3 is 9.64 Å². The van der Waals surface area contributed by atoms with Crippen LogP contribution in [0.15, 0.2) is 48.8 Å². The van der Waals surface area contributed by atoms with E-state index >= 15 is 0 Å². The van der Waals surface area contributed by atoms with Crippen LogP contribution in [0.25, 0.3) is 0 Å². The molecule has 3 rings (SSSR count). The Bertz CT molecular complexity index is 640. The summed E-state index contributed by atoms with van der Waals surface area (Å²) in [6, 6.07) is 12.1. The normalized spacial score (nSPS) is 17.3. The second-order valence-corrected chi connectivity index (χ2v) is 5.81. The van der Waals surface area contributed by atoms with Crippen LogP contribution in [0.1, 0.15) is 36.9 Å². The van der Waals surface area contributed by atoms with Crippen LogP contribution < -0.4 is 4.74 Å². The monoisotopic (exact) mass is 310 g/mol. The van der Waals surface area contributed by atoms with Crippen molar-refractivity contribution in [2.24, 2.45) is 0 Å². The molecule has 1 aromatic carbocycles. The largest absolute Gasteiger partial charge is 0.484 e. The van der Waals surface area contributed by atoms with Crippen LogP contribution in [0.2, 0.25) is 0 Å². The molecular weight excluding hydrogens is 288 g/mol. The van der Waals surface area contributed by atoms with Crippen LogP contribution in [-0.4, -0.2) is 28.9 Å². The first-order valence-electron chi connectivity index (χ1n) is 8.19. The van der Waals surface area contributed by atoms with Gasteiger partial charge in [0.15, 0.2) is 6.61 Å². The van der Waals surface area contributed by atoms with Crippen molar-refractivity contribution in [3.8, 4) is 5.75 Å². The van der Waals surface area contributed by atoms with Gasteiger partial charge in [-0.25, -0.2) is 0 Å². The quantitative estimate of drug-likeness (QED) is 0.850. The van der Waals surface area contributed by atoms with Crippen molar-refractivity contribution in [3.63, 3.8) is 0 Å². The summed E-state index contributed by atoms with van der Waals surface area (Å²) in [7, 11) is 0. The maximum absolute atomic E-state index is 12.5. The Hall–Kier alpha value is -2.36. The molecule has 1 aliphatic heterocycles. The molecule has 0 radical (unpaired) electrons. The Kier molecular flexibility index (Phi) is 4.91. The highest BCUT2D eigenvalue weighted by atomic mass is 16.5. The Morgan fingerprint density at radius 2 is 1.96 bits per heavy atom. The minimum absolute atomic E-state index is 0.0453. The number of pyridine rings is 1. The predicted octanol–water partition coefficient (Wildman–Crippen LogP) is 3.39. The van der Waals surface area contributed by atoms with E-state index in [4.69, 9.17) is 4.74 Å². The van der Waals surface area contributed by atoms with E-state index in [1.54, 1.807) is 12.4 Å². The predicted molar refractivity (Wildman–Crippen MR) is 89.2 cm³/mol. The molecular formula is C19H22N2O2. The van der Waals surface area contributed by atoms with Gasteiger partial charge in [0, 0.05) is 18.9 Å². The summed E-state index contributed by atoms with van der Waals surface area (Å²) >= 11 is 0. The number of benzene rings is 1. The first-order chi connectivity index (χ1) is 11.3. The molecule has 1 aliphatic rings. The van der Waals surface area contributed by atoms with E-state index in [1.807, 2.05) is 41.3 Å². The van der Waals surface area contributed by atoms with Gasteiger partial charge >= 0.3 is 0 Å². The number of ether oxygens (including phenoxy) is 1. The molecule has 0 aliphatic carbocycles. The second-order valence-electron chi connectivity index (χ2n) is 5.81. The molecule has 0 bridgehead atoms. The molecule has 4 nitrogen and oxygen atoms in total. The number of rotatable bonds is 5. The van der Waals surface area contributed by atoms with Gasteiger partial charge in [0.2, 0.25) is 0 Å². The zero-order valence-corrected chi connectivity index (χ0v) is 13.4. The fraction of sp³-hybridized carbons (Fsp3) is 0.368. The van der Waals surface area contributed by atoms with Crippen molar-refractivity contribution in [3.05, 3.63) is 59.9 Å². The lowest BCUT2D eigenvalue weighted by atomic mass is 10.1. The molecule has 0 N–H and O–H groups in total. The third-order valence-corrected chi connectivity index (χ3v) is 4.36. The third-order valence-electron chi connectivity index (χ3n) is 4.36. The number of hydrogen-bond donors (Lipinski definition) is 0. The van der Waals surface area contributed by atoms with Crippen molar-refractivity contribution in [2.75, 3.05) is 13.2 Å². The van der Waals surface area contributed by atoms with Crippen LogP contribution >= 0.6 is 0 Å². The molecule has 2 aromatic rings. The average molecular weight is 310 g/mol. The molecule has 4 heteroatoms. The Balaban J connectivity index is 1.60. The van der Waals surface area contributed by atoms with Gasteiger partial charge in [-0.05, 0) is 54.7 Å². The maximum atomic E-state index is 12.5. The van der Waals surface area contributed by atoms with Crippen molar-refractivity contribution >= 4 is 5.91 Å². The number of carbonyl (C=O) groups excluding carboxylic acids is 1. The molecule has 1 unspecified atom stereocenters. The first kappa shape index (κ1) is 15.5. The summed E-state index contributed by atoms with van der Waals surface area (Å²) in [4.78, 5) is 18.5. The summed E-state index contributed by atoms with van der Waals surface area (Å²) in [5.41, 5.74) is 2.42. The molecule has 1 aromatic heterocycles. The van der Waals surface area contributed by atoms with Crippen LogP contribution in [-0.2, 0) is 11.2 Å². The van der Waals surface area contributed by atoms with Crippen molar-refractivity contribution in [1.82, 2.24) is 9.88 Å². The fourth-order valence-corrected chi connectivity index (χ4v) is 3.05. The molecule has 1 amide bonds. The van der Waals surface area contributed by atoms with E-state index in [0.717, 1.165) is 37.1 Å².